The fourth-order valence-electron chi connectivity index (χ4n) is 7.51. The molecule has 0 amide bonds. The highest BCUT2D eigenvalue weighted by Crippen LogP contribution is 2.62. The maximum absolute atomic E-state index is 12.9. The molecule has 35 heavy (non-hydrogen) atoms. The molecule has 0 saturated heterocycles. The Balaban J connectivity index is 1.48. The molecule has 4 atom stereocenters. The maximum atomic E-state index is 12.9. The number of rotatable bonds is 8. The number of quaternary nitrogens is 1. The Kier molecular flexibility index (Phi) is 7.33. The van der Waals surface area contributed by atoms with Crippen LogP contribution in [0.25, 0.3) is 0 Å². The number of ether oxygens (including phenoxy) is 1. The zero-order valence-electron chi connectivity index (χ0n) is 22.4. The third-order valence-corrected chi connectivity index (χ3v) is 9.24. The summed E-state index contributed by atoms with van der Waals surface area (Å²) in [6, 6.07) is 12.8. The molecular formula is C31H44NO3+. The fraction of sp³-hybridized carbons (Fsp3) is 0.581. The highest BCUT2D eigenvalue weighted by atomic mass is 16.5. The molecule has 4 rings (SSSR count). The molecule has 2 aromatic rings. The summed E-state index contributed by atoms with van der Waals surface area (Å²) in [5.74, 6) is 1.82. The van der Waals surface area contributed by atoms with E-state index < -0.39 is 0 Å². The van der Waals surface area contributed by atoms with Crippen molar-refractivity contribution < 1.29 is 18.4 Å². The molecular weight excluding hydrogens is 434 g/mol. The first-order chi connectivity index (χ1) is 16.6. The number of esters is 1. The van der Waals surface area contributed by atoms with Crippen molar-refractivity contribution >= 4 is 5.97 Å². The van der Waals surface area contributed by atoms with Crippen LogP contribution in [0.2, 0.25) is 0 Å². The summed E-state index contributed by atoms with van der Waals surface area (Å²) in [5, 5.41) is 0. The molecule has 4 nitrogen and oxygen atoms in total. The van der Waals surface area contributed by atoms with E-state index >= 15 is 0 Å². The largest absolute Gasteiger partial charge is 0.469 e. The van der Waals surface area contributed by atoms with Crippen LogP contribution in [-0.4, -0.2) is 31.7 Å². The number of fused-ring (bicyclic) bond motifs is 1. The van der Waals surface area contributed by atoms with Crippen molar-refractivity contribution in [3.63, 3.8) is 0 Å². The first-order valence-electron chi connectivity index (χ1n) is 13.3. The summed E-state index contributed by atoms with van der Waals surface area (Å²) in [4.78, 5) is 12.9. The van der Waals surface area contributed by atoms with Crippen molar-refractivity contribution in [3.05, 3.63) is 71.7 Å². The number of aryl methyl sites for hydroxylation is 1. The van der Waals surface area contributed by atoms with Gasteiger partial charge >= 0.3 is 5.97 Å². The van der Waals surface area contributed by atoms with Crippen molar-refractivity contribution in [3.8, 4) is 0 Å². The smallest absolute Gasteiger partial charge is 0.311 e. The molecule has 1 heterocycles. The van der Waals surface area contributed by atoms with Crippen LogP contribution in [0.3, 0.4) is 0 Å². The molecule has 4 heteroatoms. The van der Waals surface area contributed by atoms with E-state index in [-0.39, 0.29) is 16.8 Å². The van der Waals surface area contributed by atoms with Crippen LogP contribution in [0.5, 0.6) is 0 Å². The summed E-state index contributed by atoms with van der Waals surface area (Å²) in [6.45, 7) is 10.9. The van der Waals surface area contributed by atoms with Gasteiger partial charge in [-0.25, -0.2) is 0 Å². The zero-order chi connectivity index (χ0) is 25.3. The lowest BCUT2D eigenvalue weighted by Crippen LogP contribution is -2.53. The molecule has 2 saturated carbocycles. The minimum atomic E-state index is -0.388. The molecule has 2 fully saturated rings. The number of methoxy groups -OCH3 is 1. The average Bonchev–Trinajstić information content (AvgIpc) is 3.24. The number of nitrogens with zero attached hydrogens (tertiary/aromatic N) is 1. The standard InChI is InChI=1S/C31H44NO3/c1-23-13-16-28-30(2,18-10-19-31(28,3)29(33)34-6)26(23)15-14-25-17-20-35-27(25)22-32(4,5)21-24-11-8-7-9-12-24/h7-9,11-12,17,20,26,28H,1,10,13-16,18-19,21-22H2,2-6H3/q+1/t26?,28?,30?,31-/m0/s1. The van der Waals surface area contributed by atoms with Crippen LogP contribution in [0, 0.1) is 22.7 Å². The summed E-state index contributed by atoms with van der Waals surface area (Å²) < 4.78 is 12.2. The maximum Gasteiger partial charge on any atom is 0.311 e. The van der Waals surface area contributed by atoms with Crippen LogP contribution in [0.15, 0.2) is 59.2 Å². The van der Waals surface area contributed by atoms with Crippen LogP contribution in [0.1, 0.15) is 69.3 Å². The van der Waals surface area contributed by atoms with Gasteiger partial charge in [-0.3, -0.25) is 4.79 Å². The topological polar surface area (TPSA) is 39.4 Å². The van der Waals surface area contributed by atoms with E-state index in [0.717, 1.165) is 68.3 Å². The zero-order valence-corrected chi connectivity index (χ0v) is 22.4. The molecule has 0 aliphatic heterocycles. The highest BCUT2D eigenvalue weighted by Gasteiger charge is 2.57. The average molecular weight is 479 g/mol. The molecule has 0 radical (unpaired) electrons. The normalized spacial score (nSPS) is 29.0. The van der Waals surface area contributed by atoms with Gasteiger partial charge in [0.05, 0.1) is 32.9 Å². The van der Waals surface area contributed by atoms with Crippen LogP contribution < -0.4 is 0 Å². The second-order valence-electron chi connectivity index (χ2n) is 12.2. The van der Waals surface area contributed by atoms with Gasteiger partial charge < -0.3 is 13.6 Å². The summed E-state index contributed by atoms with van der Waals surface area (Å²) in [7, 11) is 6.07. The van der Waals surface area contributed by atoms with Gasteiger partial charge in [-0.2, -0.15) is 0 Å². The van der Waals surface area contributed by atoms with Crippen molar-refractivity contribution in [2.24, 2.45) is 22.7 Å². The lowest BCUT2D eigenvalue weighted by Gasteiger charge is -2.57. The third kappa shape index (κ3) is 5.14. The molecule has 1 aromatic carbocycles. The molecule has 0 N–H and O–H groups in total. The molecule has 0 bridgehead atoms. The number of benzene rings is 1. The Hall–Kier alpha value is -2.33. The number of carbonyl (C=O) groups is 1. The Morgan fingerprint density at radius 1 is 1.14 bits per heavy atom. The second-order valence-corrected chi connectivity index (χ2v) is 12.2. The first-order valence-corrected chi connectivity index (χ1v) is 13.3. The van der Waals surface area contributed by atoms with Gasteiger partial charge in [0.2, 0.25) is 0 Å². The van der Waals surface area contributed by atoms with Gasteiger partial charge in [-0.15, -0.1) is 0 Å². The summed E-state index contributed by atoms with van der Waals surface area (Å²) >= 11 is 0. The van der Waals surface area contributed by atoms with E-state index in [0.29, 0.717) is 11.8 Å². The first kappa shape index (κ1) is 25.8. The van der Waals surface area contributed by atoms with Gasteiger partial charge in [0.1, 0.15) is 13.1 Å². The van der Waals surface area contributed by atoms with E-state index in [1.165, 1.54) is 23.8 Å². The van der Waals surface area contributed by atoms with Crippen molar-refractivity contribution in [1.82, 2.24) is 0 Å². The lowest BCUT2D eigenvalue weighted by molar-refractivity contribution is -0.917. The molecule has 0 spiro atoms. The van der Waals surface area contributed by atoms with Gasteiger partial charge in [0.25, 0.3) is 0 Å². The molecule has 3 unspecified atom stereocenters. The molecule has 2 aliphatic rings. The Labute approximate surface area is 211 Å². The number of hydrogen-bond acceptors (Lipinski definition) is 3. The number of hydrogen-bond donors (Lipinski definition) is 0. The van der Waals surface area contributed by atoms with Gasteiger partial charge in [-0.05, 0) is 74.3 Å². The number of allylic oxidation sites excluding steroid dienone is 1. The van der Waals surface area contributed by atoms with E-state index in [9.17, 15) is 4.79 Å². The summed E-state index contributed by atoms with van der Waals surface area (Å²) in [6.07, 6.45) is 9.11. The number of furan rings is 1. The molecule has 1 aromatic heterocycles. The fourth-order valence-corrected chi connectivity index (χ4v) is 7.51. The van der Waals surface area contributed by atoms with E-state index in [1.807, 2.05) is 6.26 Å². The van der Waals surface area contributed by atoms with E-state index in [1.54, 1.807) is 0 Å². The van der Waals surface area contributed by atoms with E-state index in [4.69, 9.17) is 9.15 Å². The quantitative estimate of drug-likeness (QED) is 0.234. The van der Waals surface area contributed by atoms with Gasteiger partial charge in [-0.1, -0.05) is 55.8 Å². The van der Waals surface area contributed by atoms with Crippen molar-refractivity contribution in [1.29, 1.82) is 0 Å². The van der Waals surface area contributed by atoms with Gasteiger partial charge in [0, 0.05) is 5.56 Å². The SMILES string of the molecule is C=C1CCC2C(C)(CCC[C@]2(C)C(=O)OC)C1CCc1ccoc1C[N+](C)(C)Cc1ccccc1. The predicted octanol–water partition coefficient (Wildman–Crippen LogP) is 6.94. The van der Waals surface area contributed by atoms with E-state index in [2.05, 4.69) is 70.9 Å². The van der Waals surface area contributed by atoms with Gasteiger partial charge in [0.15, 0.2) is 5.76 Å². The second kappa shape index (κ2) is 9.97. The number of carbonyl (C=O) groups excluding carboxylic acids is 1. The monoisotopic (exact) mass is 478 g/mol. The predicted molar refractivity (Wildman–Crippen MR) is 140 cm³/mol. The minimum Gasteiger partial charge on any atom is -0.469 e. The minimum absolute atomic E-state index is 0.0322. The highest BCUT2D eigenvalue weighted by molar-refractivity contribution is 5.77. The molecule has 190 valence electrons. The molecule has 2 aliphatic carbocycles. The lowest BCUT2D eigenvalue weighted by atomic mass is 9.46. The van der Waals surface area contributed by atoms with Crippen LogP contribution >= 0.6 is 0 Å². The van der Waals surface area contributed by atoms with Crippen LogP contribution in [0.4, 0.5) is 0 Å². The third-order valence-electron chi connectivity index (χ3n) is 9.24. The van der Waals surface area contributed by atoms with Crippen molar-refractivity contribution in [2.75, 3.05) is 21.2 Å². The Bertz CT molecular complexity index is 1040. The van der Waals surface area contributed by atoms with Crippen molar-refractivity contribution in [2.45, 2.75) is 71.9 Å². The Morgan fingerprint density at radius 3 is 2.60 bits per heavy atom. The summed E-state index contributed by atoms with van der Waals surface area (Å²) in [5.41, 5.74) is 3.72. The Morgan fingerprint density at radius 2 is 1.89 bits per heavy atom. The van der Waals surface area contributed by atoms with Crippen LogP contribution in [-0.2, 0) is 29.0 Å².